The summed E-state index contributed by atoms with van der Waals surface area (Å²) < 4.78 is 2.65. The third kappa shape index (κ3) is 1.41. The molecule has 1 aromatic carbocycles. The summed E-state index contributed by atoms with van der Waals surface area (Å²) in [5, 5.41) is 0. The molecule has 0 spiro atoms. The number of hydrogen-bond donors (Lipinski definition) is 0. The third-order valence-corrected chi connectivity index (χ3v) is 5.10. The maximum absolute atomic E-state index is 4.55. The van der Waals surface area contributed by atoms with Crippen LogP contribution in [0.3, 0.4) is 0 Å². The second-order valence-electron chi connectivity index (χ2n) is 2.69. The average molecular weight is 238 g/mol. The van der Waals surface area contributed by atoms with Crippen LogP contribution in [0.2, 0.25) is 5.71 Å². The molecular weight excluding hydrogens is 229 g/mol. The molecule has 0 saturated heterocycles. The minimum atomic E-state index is 0.289. The Balaban J connectivity index is 2.67. The summed E-state index contributed by atoms with van der Waals surface area (Å²) in [4.78, 5) is 4.55. The van der Waals surface area contributed by atoms with Gasteiger partial charge in [-0.25, -0.2) is 0 Å². The number of benzene rings is 1. The predicted octanol–water partition coefficient (Wildman–Crippen LogP) is 1.98. The molecule has 1 nitrogen and oxygen atoms in total. The Morgan fingerprint density at radius 3 is 3.00 bits per heavy atom. The molecule has 0 aliphatic rings. The van der Waals surface area contributed by atoms with Gasteiger partial charge in [-0.3, -0.25) is 0 Å². The van der Waals surface area contributed by atoms with Crippen LogP contribution in [0.25, 0.3) is 10.2 Å². The van der Waals surface area contributed by atoms with Crippen LogP contribution in [0, 0.1) is 6.92 Å². The standard InChI is InChI=1S/C9H9AsNS/c1-6-3-4-8-7(5-6)11-9(10-2)12-8/h3-5H,1-2H3. The summed E-state index contributed by atoms with van der Waals surface area (Å²) in [6, 6.07) is 6.48. The topological polar surface area (TPSA) is 12.9 Å². The van der Waals surface area contributed by atoms with Crippen LogP contribution in [-0.2, 0) is 0 Å². The molecule has 2 rings (SSSR count). The molecule has 0 atom stereocenters. The first-order chi connectivity index (χ1) is 5.79. The second kappa shape index (κ2) is 3.19. The molecule has 1 heterocycles. The molecule has 3 heteroatoms. The van der Waals surface area contributed by atoms with Gasteiger partial charge in [0.2, 0.25) is 0 Å². The monoisotopic (exact) mass is 238 g/mol. The van der Waals surface area contributed by atoms with E-state index in [2.05, 4.69) is 35.8 Å². The number of nitrogens with zero attached hydrogens (tertiary/aromatic N) is 1. The van der Waals surface area contributed by atoms with Crippen molar-refractivity contribution in [3.8, 4) is 0 Å². The van der Waals surface area contributed by atoms with E-state index in [4.69, 9.17) is 0 Å². The molecule has 0 fully saturated rings. The van der Waals surface area contributed by atoms with Gasteiger partial charge in [0.15, 0.2) is 0 Å². The van der Waals surface area contributed by atoms with E-state index in [1.165, 1.54) is 19.6 Å². The molecule has 12 heavy (non-hydrogen) atoms. The molecule has 0 N–H and O–H groups in total. The van der Waals surface area contributed by atoms with Crippen LogP contribution in [0.4, 0.5) is 0 Å². The average Bonchev–Trinajstić information content (AvgIpc) is 2.46. The molecule has 61 valence electrons. The van der Waals surface area contributed by atoms with Crippen molar-refractivity contribution >= 4 is 41.1 Å². The summed E-state index contributed by atoms with van der Waals surface area (Å²) >= 11 is 2.13. The molecule has 0 bridgehead atoms. The van der Waals surface area contributed by atoms with Gasteiger partial charge < -0.3 is 0 Å². The molecule has 2 aromatic rings. The zero-order valence-electron chi connectivity index (χ0n) is 7.03. The molecule has 1 aromatic heterocycles. The van der Waals surface area contributed by atoms with Gasteiger partial charge in [-0.1, -0.05) is 0 Å². The van der Waals surface area contributed by atoms with Crippen molar-refractivity contribution in [1.29, 1.82) is 0 Å². The molecule has 0 aliphatic heterocycles. The van der Waals surface area contributed by atoms with Crippen molar-refractivity contribution in [3.05, 3.63) is 23.8 Å². The summed E-state index contributed by atoms with van der Waals surface area (Å²) in [6.45, 7) is 2.11. The Labute approximate surface area is 82.5 Å². The molecule has 0 amide bonds. The van der Waals surface area contributed by atoms with Gasteiger partial charge in [0.1, 0.15) is 0 Å². The van der Waals surface area contributed by atoms with Crippen LogP contribution in [0.1, 0.15) is 5.56 Å². The minimum absolute atomic E-state index is 0.289. The number of thiazole rings is 1. The predicted molar refractivity (Wildman–Crippen MR) is 55.6 cm³/mol. The van der Waals surface area contributed by atoms with Crippen molar-refractivity contribution in [2.24, 2.45) is 0 Å². The Morgan fingerprint density at radius 2 is 2.25 bits per heavy atom. The van der Waals surface area contributed by atoms with E-state index in [0.717, 1.165) is 0 Å². The van der Waals surface area contributed by atoms with Gasteiger partial charge in [-0.15, -0.1) is 0 Å². The van der Waals surface area contributed by atoms with Gasteiger partial charge in [-0.05, 0) is 0 Å². The number of aryl methyl sites for hydroxylation is 1. The Hall–Kier alpha value is -0.332. The van der Waals surface area contributed by atoms with Gasteiger partial charge in [-0.2, -0.15) is 0 Å². The van der Waals surface area contributed by atoms with Gasteiger partial charge in [0, 0.05) is 0 Å². The van der Waals surface area contributed by atoms with E-state index < -0.39 is 0 Å². The van der Waals surface area contributed by atoms with E-state index in [1.807, 2.05) is 11.3 Å². The summed E-state index contributed by atoms with van der Waals surface area (Å²) in [6.07, 6.45) is 0. The summed E-state index contributed by atoms with van der Waals surface area (Å²) in [5.74, 6) is 0. The third-order valence-electron chi connectivity index (χ3n) is 1.72. The number of aromatic nitrogens is 1. The normalized spacial score (nSPS) is 11.8. The molecular formula is C9H9AsNS. The van der Waals surface area contributed by atoms with Crippen molar-refractivity contribution in [2.45, 2.75) is 12.6 Å². The van der Waals surface area contributed by atoms with Crippen molar-refractivity contribution in [2.75, 3.05) is 0 Å². The van der Waals surface area contributed by atoms with Crippen molar-refractivity contribution in [1.82, 2.24) is 4.98 Å². The number of rotatable bonds is 1. The van der Waals surface area contributed by atoms with Crippen LogP contribution < -0.4 is 3.80 Å². The first-order valence-electron chi connectivity index (χ1n) is 3.76. The van der Waals surface area contributed by atoms with Crippen LogP contribution in [0.15, 0.2) is 18.2 Å². The molecule has 0 saturated carbocycles. The SMILES string of the molecule is C[As]c1nc2cc(C)ccc2s1. The van der Waals surface area contributed by atoms with E-state index in [0.29, 0.717) is 0 Å². The Bertz CT molecular complexity index is 408. The van der Waals surface area contributed by atoms with E-state index in [1.54, 1.807) is 0 Å². The first kappa shape index (κ1) is 8.28. The number of hydrogen-bond acceptors (Lipinski definition) is 2. The molecule has 0 aliphatic carbocycles. The first-order valence-corrected chi connectivity index (χ1v) is 7.40. The van der Waals surface area contributed by atoms with Crippen LogP contribution in [-0.4, -0.2) is 20.7 Å². The number of fused-ring (bicyclic) bond motifs is 1. The summed E-state index contributed by atoms with van der Waals surface area (Å²) in [7, 11) is 0. The maximum atomic E-state index is 4.55. The van der Waals surface area contributed by atoms with Crippen molar-refractivity contribution in [3.63, 3.8) is 0 Å². The van der Waals surface area contributed by atoms with Crippen molar-refractivity contribution < 1.29 is 0 Å². The fourth-order valence-electron chi connectivity index (χ4n) is 1.12. The van der Waals surface area contributed by atoms with Crippen LogP contribution >= 0.6 is 11.3 Å². The fourth-order valence-corrected chi connectivity index (χ4v) is 3.53. The van der Waals surface area contributed by atoms with E-state index in [9.17, 15) is 0 Å². The Kier molecular flexibility index (Phi) is 2.20. The second-order valence-corrected chi connectivity index (χ2v) is 6.21. The van der Waals surface area contributed by atoms with Gasteiger partial charge in [0.25, 0.3) is 0 Å². The van der Waals surface area contributed by atoms with Gasteiger partial charge >= 0.3 is 82.5 Å². The Morgan fingerprint density at radius 1 is 1.42 bits per heavy atom. The van der Waals surface area contributed by atoms with Crippen LogP contribution in [0.5, 0.6) is 0 Å². The zero-order chi connectivity index (χ0) is 8.55. The zero-order valence-corrected chi connectivity index (χ0v) is 9.73. The van der Waals surface area contributed by atoms with E-state index >= 15 is 0 Å². The fraction of sp³-hybridized carbons (Fsp3) is 0.222. The molecule has 0 unspecified atom stereocenters. The van der Waals surface area contributed by atoms with E-state index in [-0.39, 0.29) is 15.8 Å². The summed E-state index contributed by atoms with van der Waals surface area (Å²) in [5.41, 5.74) is 4.71. The molecule has 1 radical (unpaired) electrons. The quantitative estimate of drug-likeness (QED) is 0.692. The van der Waals surface area contributed by atoms with Gasteiger partial charge in [0.05, 0.1) is 0 Å².